The molecule has 0 saturated carbocycles. The van der Waals surface area contributed by atoms with Crippen molar-refractivity contribution < 1.29 is 28.5 Å². The van der Waals surface area contributed by atoms with E-state index in [9.17, 15) is 9.59 Å². The summed E-state index contributed by atoms with van der Waals surface area (Å²) in [5.41, 5.74) is 7.00. The Labute approximate surface area is 151 Å². The van der Waals surface area contributed by atoms with Crippen molar-refractivity contribution in [2.45, 2.75) is 13.8 Å². The lowest BCUT2D eigenvalue weighted by Crippen LogP contribution is -2.20. The molecular formula is C19H21NO6. The van der Waals surface area contributed by atoms with E-state index < -0.39 is 11.9 Å². The van der Waals surface area contributed by atoms with E-state index in [1.165, 1.54) is 26.4 Å². The molecule has 2 N–H and O–H groups in total. The SMILES string of the molecule is COc1cc(C(=O)Oc2c(C)cccc2C)cc(OC)c1OCC(N)=O. The monoisotopic (exact) mass is 359 g/mol. The fraction of sp³-hybridized carbons (Fsp3) is 0.263. The van der Waals surface area contributed by atoms with E-state index in [1.807, 2.05) is 32.0 Å². The lowest BCUT2D eigenvalue weighted by molar-refractivity contribution is -0.120. The van der Waals surface area contributed by atoms with Crippen LogP contribution in [0.15, 0.2) is 30.3 Å². The first kappa shape index (κ1) is 19.1. The van der Waals surface area contributed by atoms with E-state index >= 15 is 0 Å². The van der Waals surface area contributed by atoms with Gasteiger partial charge in [-0.25, -0.2) is 4.79 Å². The van der Waals surface area contributed by atoms with Gasteiger partial charge < -0.3 is 24.7 Å². The molecule has 0 saturated heterocycles. The molecule has 0 bridgehead atoms. The third-order valence-corrected chi connectivity index (χ3v) is 3.66. The summed E-state index contributed by atoms with van der Waals surface area (Å²) in [4.78, 5) is 23.5. The Hall–Kier alpha value is -3.22. The first-order valence-electron chi connectivity index (χ1n) is 7.82. The van der Waals surface area contributed by atoms with E-state index in [4.69, 9.17) is 24.7 Å². The summed E-state index contributed by atoms with van der Waals surface area (Å²) in [7, 11) is 2.82. The Morgan fingerprint density at radius 2 is 1.50 bits per heavy atom. The van der Waals surface area contributed by atoms with Gasteiger partial charge in [0.1, 0.15) is 5.75 Å². The number of benzene rings is 2. The number of hydrogen-bond acceptors (Lipinski definition) is 6. The highest BCUT2D eigenvalue weighted by Gasteiger charge is 2.20. The van der Waals surface area contributed by atoms with E-state index in [-0.39, 0.29) is 29.4 Å². The van der Waals surface area contributed by atoms with Gasteiger partial charge in [0, 0.05) is 0 Å². The van der Waals surface area contributed by atoms with E-state index in [0.717, 1.165) is 11.1 Å². The van der Waals surface area contributed by atoms with E-state index in [2.05, 4.69) is 0 Å². The van der Waals surface area contributed by atoms with Crippen LogP contribution < -0.4 is 24.7 Å². The van der Waals surface area contributed by atoms with Crippen LogP contribution in [-0.4, -0.2) is 32.7 Å². The molecule has 0 atom stereocenters. The van der Waals surface area contributed by atoms with Crippen LogP contribution in [0.2, 0.25) is 0 Å². The van der Waals surface area contributed by atoms with Crippen LogP contribution in [0.3, 0.4) is 0 Å². The molecule has 0 spiro atoms. The Morgan fingerprint density at radius 1 is 0.962 bits per heavy atom. The summed E-state index contributed by atoms with van der Waals surface area (Å²) in [6.07, 6.45) is 0. The number of methoxy groups -OCH3 is 2. The van der Waals surface area contributed by atoms with Crippen LogP contribution in [0, 0.1) is 13.8 Å². The number of para-hydroxylation sites is 1. The molecule has 7 heteroatoms. The zero-order chi connectivity index (χ0) is 19.3. The molecule has 2 rings (SSSR count). The maximum Gasteiger partial charge on any atom is 0.343 e. The maximum atomic E-state index is 12.6. The van der Waals surface area contributed by atoms with Crippen molar-refractivity contribution in [1.82, 2.24) is 0 Å². The largest absolute Gasteiger partial charge is 0.493 e. The molecule has 7 nitrogen and oxygen atoms in total. The van der Waals surface area contributed by atoms with Crippen molar-refractivity contribution in [3.05, 3.63) is 47.0 Å². The third kappa shape index (κ3) is 4.24. The minimum atomic E-state index is -0.646. The topological polar surface area (TPSA) is 97.1 Å². The number of primary amides is 1. The fourth-order valence-electron chi connectivity index (χ4n) is 2.40. The zero-order valence-corrected chi connectivity index (χ0v) is 15.1. The molecule has 0 radical (unpaired) electrons. The summed E-state index contributed by atoms with van der Waals surface area (Å²) >= 11 is 0. The Kier molecular flexibility index (Phi) is 6.06. The van der Waals surface area contributed by atoms with Gasteiger partial charge in [0.05, 0.1) is 19.8 Å². The molecule has 0 fully saturated rings. The fourth-order valence-corrected chi connectivity index (χ4v) is 2.40. The van der Waals surface area contributed by atoms with Crippen molar-refractivity contribution in [3.63, 3.8) is 0 Å². The molecule has 2 aromatic rings. The van der Waals surface area contributed by atoms with Gasteiger partial charge in [-0.3, -0.25) is 4.79 Å². The first-order chi connectivity index (χ1) is 12.4. The Morgan fingerprint density at radius 3 is 1.96 bits per heavy atom. The van der Waals surface area contributed by atoms with Crippen LogP contribution in [-0.2, 0) is 4.79 Å². The van der Waals surface area contributed by atoms with Gasteiger partial charge in [-0.15, -0.1) is 0 Å². The molecule has 0 unspecified atom stereocenters. The second-order valence-electron chi connectivity index (χ2n) is 5.58. The van der Waals surface area contributed by atoms with E-state index in [1.54, 1.807) is 0 Å². The summed E-state index contributed by atoms with van der Waals surface area (Å²) in [6.45, 7) is 3.37. The van der Waals surface area contributed by atoms with Crippen LogP contribution in [0.1, 0.15) is 21.5 Å². The number of hydrogen-bond donors (Lipinski definition) is 1. The maximum absolute atomic E-state index is 12.6. The second kappa shape index (κ2) is 8.24. The molecule has 2 aromatic carbocycles. The minimum Gasteiger partial charge on any atom is -0.493 e. The molecule has 0 heterocycles. The first-order valence-corrected chi connectivity index (χ1v) is 7.82. The Bertz CT molecular complexity index is 786. The standard InChI is InChI=1S/C19H21NO6/c1-11-6-5-7-12(2)17(11)26-19(22)13-8-14(23-3)18(15(9-13)24-4)25-10-16(20)21/h5-9H,10H2,1-4H3,(H2,20,21). The summed E-state index contributed by atoms with van der Waals surface area (Å²) < 4.78 is 21.3. The van der Waals surface area contributed by atoms with Crippen LogP contribution >= 0.6 is 0 Å². The average molecular weight is 359 g/mol. The van der Waals surface area contributed by atoms with Gasteiger partial charge in [-0.2, -0.15) is 0 Å². The number of carbonyl (C=O) groups is 2. The summed E-state index contributed by atoms with van der Waals surface area (Å²) in [6, 6.07) is 8.51. The van der Waals surface area contributed by atoms with Crippen molar-refractivity contribution >= 4 is 11.9 Å². The molecule has 0 aliphatic carbocycles. The molecule has 0 aliphatic rings. The van der Waals surface area contributed by atoms with Gasteiger partial charge in [-0.1, -0.05) is 18.2 Å². The molecule has 1 amide bonds. The molecule has 0 aliphatic heterocycles. The Balaban J connectivity index is 2.37. The predicted molar refractivity (Wildman–Crippen MR) is 95.1 cm³/mol. The van der Waals surface area contributed by atoms with E-state index in [0.29, 0.717) is 5.75 Å². The summed E-state index contributed by atoms with van der Waals surface area (Å²) in [5.74, 6) is -0.0897. The predicted octanol–water partition coefficient (Wildman–Crippen LogP) is 2.40. The number of carbonyl (C=O) groups excluding carboxylic acids is 2. The zero-order valence-electron chi connectivity index (χ0n) is 15.1. The van der Waals surface area contributed by atoms with Crippen molar-refractivity contribution in [2.24, 2.45) is 5.73 Å². The average Bonchev–Trinajstić information content (AvgIpc) is 2.62. The van der Waals surface area contributed by atoms with Crippen molar-refractivity contribution in [1.29, 1.82) is 0 Å². The second-order valence-corrected chi connectivity index (χ2v) is 5.58. The van der Waals surface area contributed by atoms with Gasteiger partial charge in [-0.05, 0) is 37.1 Å². The lowest BCUT2D eigenvalue weighted by Gasteiger charge is -2.16. The number of aryl methyl sites for hydroxylation is 2. The normalized spacial score (nSPS) is 10.2. The number of ether oxygens (including phenoxy) is 4. The van der Waals surface area contributed by atoms with Crippen LogP contribution in [0.25, 0.3) is 0 Å². The smallest absolute Gasteiger partial charge is 0.343 e. The highest BCUT2D eigenvalue weighted by atomic mass is 16.5. The lowest BCUT2D eigenvalue weighted by atomic mass is 10.1. The number of esters is 1. The molecular weight excluding hydrogens is 338 g/mol. The number of nitrogens with two attached hydrogens (primary N) is 1. The van der Waals surface area contributed by atoms with Gasteiger partial charge in [0.2, 0.25) is 5.75 Å². The number of amides is 1. The molecule has 138 valence electrons. The number of rotatable bonds is 7. The molecule has 0 aromatic heterocycles. The highest BCUT2D eigenvalue weighted by molar-refractivity contribution is 5.93. The quantitative estimate of drug-likeness (QED) is 0.602. The van der Waals surface area contributed by atoms with Gasteiger partial charge in [0.25, 0.3) is 5.91 Å². The highest BCUT2D eigenvalue weighted by Crippen LogP contribution is 2.39. The van der Waals surface area contributed by atoms with Crippen molar-refractivity contribution in [2.75, 3.05) is 20.8 Å². The third-order valence-electron chi connectivity index (χ3n) is 3.66. The molecule has 26 heavy (non-hydrogen) atoms. The van der Waals surface area contributed by atoms with Gasteiger partial charge >= 0.3 is 5.97 Å². The minimum absolute atomic E-state index is 0.178. The van der Waals surface area contributed by atoms with Gasteiger partial charge in [0.15, 0.2) is 18.1 Å². The summed E-state index contributed by atoms with van der Waals surface area (Å²) in [5, 5.41) is 0. The van der Waals surface area contributed by atoms with Crippen molar-refractivity contribution in [3.8, 4) is 23.0 Å². The van der Waals surface area contributed by atoms with Crippen LogP contribution in [0.4, 0.5) is 0 Å². The van der Waals surface area contributed by atoms with Crippen LogP contribution in [0.5, 0.6) is 23.0 Å².